The second-order valence-electron chi connectivity index (χ2n) is 11.3. The molecule has 3 nitrogen and oxygen atoms in total. The molecular formula is C32H65NO2. The average Bonchev–Trinajstić information content (AvgIpc) is 2.85. The van der Waals surface area contributed by atoms with Gasteiger partial charge < -0.3 is 10.8 Å². The van der Waals surface area contributed by atoms with E-state index in [1.807, 2.05) is 6.92 Å². The largest absolute Gasteiger partial charge is 0.396 e. The Morgan fingerprint density at radius 1 is 0.543 bits per heavy atom. The lowest BCUT2D eigenvalue weighted by Crippen LogP contribution is -2.31. The van der Waals surface area contributed by atoms with Gasteiger partial charge in [0.15, 0.2) is 0 Å². The van der Waals surface area contributed by atoms with Gasteiger partial charge in [0.1, 0.15) is 0 Å². The van der Waals surface area contributed by atoms with Crippen LogP contribution in [-0.2, 0) is 4.79 Å². The highest BCUT2D eigenvalue weighted by Crippen LogP contribution is 2.22. The van der Waals surface area contributed by atoms with Gasteiger partial charge in [-0.15, -0.1) is 0 Å². The van der Waals surface area contributed by atoms with Crippen molar-refractivity contribution >= 4 is 5.91 Å². The van der Waals surface area contributed by atoms with Crippen LogP contribution in [0.5, 0.6) is 0 Å². The number of nitrogens with two attached hydrogens (primary N) is 1. The Morgan fingerprint density at radius 2 is 0.829 bits per heavy atom. The van der Waals surface area contributed by atoms with Gasteiger partial charge in [-0.1, -0.05) is 174 Å². The molecule has 210 valence electrons. The Bertz CT molecular complexity index is 422. The predicted octanol–water partition coefficient (Wildman–Crippen LogP) is 9.88. The van der Waals surface area contributed by atoms with Crippen LogP contribution < -0.4 is 5.73 Å². The summed E-state index contributed by atoms with van der Waals surface area (Å²) in [5.41, 5.74) is 5.54. The van der Waals surface area contributed by atoms with E-state index in [1.54, 1.807) is 0 Å². The molecule has 0 aliphatic carbocycles. The summed E-state index contributed by atoms with van der Waals surface area (Å²) < 4.78 is 0. The van der Waals surface area contributed by atoms with E-state index < -0.39 is 0 Å². The van der Waals surface area contributed by atoms with Gasteiger partial charge in [-0.05, 0) is 12.3 Å². The maximum atomic E-state index is 11.6. The summed E-state index contributed by atoms with van der Waals surface area (Å²) in [5, 5.41) is 9.43. The van der Waals surface area contributed by atoms with Gasteiger partial charge in [-0.2, -0.15) is 0 Å². The van der Waals surface area contributed by atoms with Crippen molar-refractivity contribution in [1.29, 1.82) is 0 Å². The molecule has 3 N–H and O–H groups in total. The smallest absolute Gasteiger partial charge is 0.220 e. The first-order valence-corrected chi connectivity index (χ1v) is 16.1. The number of carbonyl (C=O) groups is 1. The van der Waals surface area contributed by atoms with Gasteiger partial charge in [-0.25, -0.2) is 0 Å². The van der Waals surface area contributed by atoms with Crippen LogP contribution in [0, 0.1) is 11.8 Å². The number of unbranched alkanes of at least 4 members (excludes halogenated alkanes) is 23. The van der Waals surface area contributed by atoms with Crippen LogP contribution >= 0.6 is 0 Å². The number of hydrogen-bond acceptors (Lipinski definition) is 2. The molecule has 2 atom stereocenters. The third-order valence-electron chi connectivity index (χ3n) is 8.06. The predicted molar refractivity (Wildman–Crippen MR) is 155 cm³/mol. The van der Waals surface area contributed by atoms with Crippen molar-refractivity contribution in [1.82, 2.24) is 0 Å². The molecule has 0 aromatic rings. The monoisotopic (exact) mass is 496 g/mol. The minimum Gasteiger partial charge on any atom is -0.396 e. The number of rotatable bonds is 29. The molecule has 0 aliphatic heterocycles. The fraction of sp³-hybridized carbons (Fsp3) is 0.969. The van der Waals surface area contributed by atoms with Crippen LogP contribution in [0.3, 0.4) is 0 Å². The summed E-state index contributed by atoms with van der Waals surface area (Å²) in [7, 11) is 0. The van der Waals surface area contributed by atoms with Gasteiger partial charge in [0.05, 0.1) is 0 Å². The van der Waals surface area contributed by atoms with Crippen LogP contribution in [-0.4, -0.2) is 17.6 Å². The maximum Gasteiger partial charge on any atom is 0.220 e. The number of aliphatic hydroxyl groups is 1. The van der Waals surface area contributed by atoms with Crippen LogP contribution in [0.4, 0.5) is 0 Å². The fourth-order valence-electron chi connectivity index (χ4n) is 5.48. The number of hydrogen-bond donors (Lipinski definition) is 2. The Hall–Kier alpha value is -0.570. The van der Waals surface area contributed by atoms with Crippen LogP contribution in [0.15, 0.2) is 0 Å². The third kappa shape index (κ3) is 23.6. The zero-order chi connectivity index (χ0) is 25.8. The van der Waals surface area contributed by atoms with Crippen molar-refractivity contribution in [2.24, 2.45) is 17.6 Å². The van der Waals surface area contributed by atoms with E-state index in [9.17, 15) is 9.90 Å². The molecule has 0 heterocycles. The van der Waals surface area contributed by atoms with Gasteiger partial charge in [0.25, 0.3) is 0 Å². The quantitative estimate of drug-likeness (QED) is 0.101. The van der Waals surface area contributed by atoms with E-state index in [-0.39, 0.29) is 24.3 Å². The molecule has 0 rings (SSSR count). The standard InChI is InChI=1S/C32H65NO2/c1-3-5-6-7-8-9-10-11-12-13-14-15-16-17-18-19-20-21-22-23-24-25-26-27-28-31(32(33)35)30(4-2)29-34/h30-31,34H,3-29H2,1-2H3,(H2,33,35). The molecule has 1 amide bonds. The molecule has 0 aromatic heterocycles. The van der Waals surface area contributed by atoms with E-state index in [0.29, 0.717) is 0 Å². The minimum absolute atomic E-state index is 0.0389. The molecule has 0 fully saturated rings. The first-order chi connectivity index (χ1) is 17.2. The second-order valence-corrected chi connectivity index (χ2v) is 11.3. The minimum atomic E-state index is -0.236. The summed E-state index contributed by atoms with van der Waals surface area (Å²) in [6.07, 6.45) is 35.2. The Balaban J connectivity index is 3.24. The zero-order valence-electron chi connectivity index (χ0n) is 24.2. The van der Waals surface area contributed by atoms with E-state index >= 15 is 0 Å². The fourth-order valence-corrected chi connectivity index (χ4v) is 5.48. The summed E-state index contributed by atoms with van der Waals surface area (Å²) in [4.78, 5) is 11.6. The van der Waals surface area contributed by atoms with Crippen molar-refractivity contribution in [3.8, 4) is 0 Å². The molecular weight excluding hydrogens is 430 g/mol. The van der Waals surface area contributed by atoms with E-state index in [4.69, 9.17) is 5.73 Å². The molecule has 0 spiro atoms. The molecule has 0 saturated heterocycles. The van der Waals surface area contributed by atoms with Gasteiger partial charge in [0, 0.05) is 12.5 Å². The normalized spacial score (nSPS) is 13.2. The summed E-state index contributed by atoms with van der Waals surface area (Å²) >= 11 is 0. The molecule has 0 saturated carbocycles. The number of primary amides is 1. The molecule has 35 heavy (non-hydrogen) atoms. The van der Waals surface area contributed by atoms with Crippen molar-refractivity contribution in [3.63, 3.8) is 0 Å². The van der Waals surface area contributed by atoms with E-state index in [2.05, 4.69) is 6.92 Å². The molecule has 0 aromatic carbocycles. The van der Waals surface area contributed by atoms with E-state index in [0.717, 1.165) is 19.3 Å². The second kappa shape index (κ2) is 28.0. The topological polar surface area (TPSA) is 63.3 Å². The lowest BCUT2D eigenvalue weighted by molar-refractivity contribution is -0.124. The van der Waals surface area contributed by atoms with Crippen molar-refractivity contribution < 1.29 is 9.90 Å². The molecule has 2 unspecified atom stereocenters. The summed E-state index contributed by atoms with van der Waals surface area (Å²) in [6, 6.07) is 0. The summed E-state index contributed by atoms with van der Waals surface area (Å²) in [5.74, 6) is -0.346. The molecule has 0 bridgehead atoms. The Kier molecular flexibility index (Phi) is 27.6. The lowest BCUT2D eigenvalue weighted by atomic mass is 9.85. The highest BCUT2D eigenvalue weighted by atomic mass is 16.3. The van der Waals surface area contributed by atoms with Crippen LogP contribution in [0.1, 0.15) is 181 Å². The molecule has 0 aliphatic rings. The van der Waals surface area contributed by atoms with E-state index in [1.165, 1.54) is 148 Å². The van der Waals surface area contributed by atoms with Crippen LogP contribution in [0.25, 0.3) is 0 Å². The Morgan fingerprint density at radius 3 is 1.06 bits per heavy atom. The van der Waals surface area contributed by atoms with Crippen molar-refractivity contribution in [2.45, 2.75) is 181 Å². The van der Waals surface area contributed by atoms with Crippen molar-refractivity contribution in [3.05, 3.63) is 0 Å². The van der Waals surface area contributed by atoms with Gasteiger partial charge in [0.2, 0.25) is 5.91 Å². The zero-order valence-corrected chi connectivity index (χ0v) is 24.2. The third-order valence-corrected chi connectivity index (χ3v) is 8.06. The number of aliphatic hydroxyl groups excluding tert-OH is 1. The van der Waals surface area contributed by atoms with Crippen molar-refractivity contribution in [2.75, 3.05) is 6.61 Å². The highest BCUT2D eigenvalue weighted by Gasteiger charge is 2.23. The van der Waals surface area contributed by atoms with Crippen LogP contribution in [0.2, 0.25) is 0 Å². The average molecular weight is 496 g/mol. The molecule has 0 radical (unpaired) electrons. The first kappa shape index (κ1) is 34.4. The lowest BCUT2D eigenvalue weighted by Gasteiger charge is -2.21. The maximum absolute atomic E-state index is 11.6. The molecule has 3 heteroatoms. The van der Waals surface area contributed by atoms with Gasteiger partial charge >= 0.3 is 0 Å². The first-order valence-electron chi connectivity index (χ1n) is 16.1. The summed E-state index contributed by atoms with van der Waals surface area (Å²) in [6.45, 7) is 4.39. The highest BCUT2D eigenvalue weighted by molar-refractivity contribution is 5.76. The Labute approximate surface area is 220 Å². The van der Waals surface area contributed by atoms with Gasteiger partial charge in [-0.3, -0.25) is 4.79 Å². The number of amides is 1. The number of carbonyl (C=O) groups excluding carboxylic acids is 1. The SMILES string of the molecule is CCCCCCCCCCCCCCCCCCCCCCCCCCC(C(N)=O)C(CC)CO.